The predicted octanol–water partition coefficient (Wildman–Crippen LogP) is 3.86. The number of ketones is 1. The highest BCUT2D eigenvalue weighted by Crippen LogP contribution is 2.51. The van der Waals surface area contributed by atoms with Crippen molar-refractivity contribution in [2.24, 2.45) is 5.92 Å². The van der Waals surface area contributed by atoms with Crippen LogP contribution in [0.15, 0.2) is 12.1 Å². The predicted molar refractivity (Wildman–Crippen MR) is 104 cm³/mol. The van der Waals surface area contributed by atoms with Crippen molar-refractivity contribution in [3.05, 3.63) is 28.8 Å². The van der Waals surface area contributed by atoms with Crippen LogP contribution in [0.5, 0.6) is 5.75 Å². The Balaban J connectivity index is 0.000000273. The van der Waals surface area contributed by atoms with Gasteiger partial charge < -0.3 is 14.6 Å². The molecule has 0 bridgehead atoms. The third-order valence-electron chi connectivity index (χ3n) is 5.79. The second-order valence-corrected chi connectivity index (χ2v) is 7.65. The molecule has 1 aliphatic carbocycles. The molecule has 0 atom stereocenters. The van der Waals surface area contributed by atoms with Crippen molar-refractivity contribution in [3.63, 3.8) is 0 Å². The summed E-state index contributed by atoms with van der Waals surface area (Å²) in [7, 11) is 1.33. The minimum Gasteiger partial charge on any atom is -0.508 e. The molecule has 1 aliphatic heterocycles. The molecule has 2 fully saturated rings. The fourth-order valence-electron chi connectivity index (χ4n) is 3.95. The van der Waals surface area contributed by atoms with E-state index in [9.17, 15) is 14.7 Å². The molecule has 0 radical (unpaired) electrons. The molecular weight excluding hydrogens is 344 g/mol. The molecule has 0 aromatic heterocycles. The number of methoxy groups -OCH3 is 1. The zero-order chi connectivity index (χ0) is 20.0. The first kappa shape index (κ1) is 21.4. The van der Waals surface area contributed by atoms with E-state index in [0.29, 0.717) is 5.56 Å². The maximum atomic E-state index is 11.9. The number of Topliss-reactive ketones (excluding diaryl/α,β-unsaturated/α-hetero) is 1. The number of ether oxygens (including phenoxy) is 2. The molecule has 5 heteroatoms. The zero-order valence-corrected chi connectivity index (χ0v) is 17.0. The highest BCUT2D eigenvalue weighted by Gasteiger charge is 2.50. The molecule has 3 rings (SSSR count). The Bertz CT molecular complexity index is 670. The molecule has 0 unspecified atom stereocenters. The SMILES string of the molecule is CCC1CCOCC1.COC(=O)Cc1cc(O)cc(C)c1C1(C(C)=O)CC1. The van der Waals surface area contributed by atoms with Gasteiger partial charge in [0.1, 0.15) is 11.5 Å². The van der Waals surface area contributed by atoms with Crippen molar-refractivity contribution >= 4 is 11.8 Å². The number of hydrogen-bond donors (Lipinski definition) is 1. The summed E-state index contributed by atoms with van der Waals surface area (Å²) in [6.07, 6.45) is 5.61. The van der Waals surface area contributed by atoms with Gasteiger partial charge in [0.25, 0.3) is 0 Å². The zero-order valence-electron chi connectivity index (χ0n) is 17.0. The lowest BCUT2D eigenvalue weighted by atomic mass is 9.84. The number of esters is 1. The molecule has 0 spiro atoms. The molecular formula is C22H32O5. The Morgan fingerprint density at radius 1 is 1.26 bits per heavy atom. The Labute approximate surface area is 162 Å². The molecule has 2 aliphatic rings. The van der Waals surface area contributed by atoms with Gasteiger partial charge in [-0.05, 0) is 74.3 Å². The van der Waals surface area contributed by atoms with Crippen LogP contribution in [0.2, 0.25) is 0 Å². The van der Waals surface area contributed by atoms with Gasteiger partial charge in [-0.1, -0.05) is 13.3 Å². The van der Waals surface area contributed by atoms with E-state index in [1.54, 1.807) is 19.1 Å². The largest absolute Gasteiger partial charge is 0.508 e. The molecule has 1 heterocycles. The van der Waals surface area contributed by atoms with Crippen LogP contribution in [-0.2, 0) is 30.9 Å². The van der Waals surface area contributed by atoms with E-state index in [-0.39, 0.29) is 23.9 Å². The fourth-order valence-corrected chi connectivity index (χ4v) is 3.95. The number of aryl methyl sites for hydroxylation is 1. The van der Waals surface area contributed by atoms with E-state index < -0.39 is 5.41 Å². The van der Waals surface area contributed by atoms with Crippen LogP contribution < -0.4 is 0 Å². The average molecular weight is 376 g/mol. The summed E-state index contributed by atoms with van der Waals surface area (Å²) < 4.78 is 9.88. The van der Waals surface area contributed by atoms with Crippen LogP contribution in [0.1, 0.15) is 62.6 Å². The molecule has 1 saturated heterocycles. The van der Waals surface area contributed by atoms with E-state index in [4.69, 9.17) is 4.74 Å². The number of aromatic hydroxyl groups is 1. The number of carbonyl (C=O) groups excluding carboxylic acids is 2. The average Bonchev–Trinajstić information content (AvgIpc) is 3.44. The van der Waals surface area contributed by atoms with Crippen LogP contribution in [0, 0.1) is 12.8 Å². The van der Waals surface area contributed by atoms with Gasteiger partial charge in [0, 0.05) is 13.2 Å². The smallest absolute Gasteiger partial charge is 0.309 e. The molecule has 1 aromatic rings. The number of phenolic OH excluding ortho intramolecular Hbond substituents is 1. The van der Waals surface area contributed by atoms with E-state index in [0.717, 1.165) is 43.1 Å². The van der Waals surface area contributed by atoms with Gasteiger partial charge in [-0.15, -0.1) is 0 Å². The van der Waals surface area contributed by atoms with Gasteiger partial charge in [0.05, 0.1) is 18.9 Å². The Hall–Kier alpha value is -1.88. The standard InChI is InChI=1S/C15H18O4.C7H14O/c1-9-6-12(17)7-11(8-13(18)19-3)14(9)15(4-5-15)10(2)16;1-2-7-3-5-8-6-4-7/h6-7,17H,4-5,8H2,1-3H3;7H,2-6H2,1H3. The van der Waals surface area contributed by atoms with Crippen LogP contribution in [0.4, 0.5) is 0 Å². The molecule has 5 nitrogen and oxygen atoms in total. The number of benzene rings is 1. The van der Waals surface area contributed by atoms with Gasteiger partial charge in [0.15, 0.2) is 0 Å². The van der Waals surface area contributed by atoms with Crippen molar-refractivity contribution in [2.45, 2.75) is 64.7 Å². The highest BCUT2D eigenvalue weighted by molar-refractivity contribution is 5.92. The number of carbonyl (C=O) groups is 2. The van der Waals surface area contributed by atoms with Gasteiger partial charge >= 0.3 is 5.97 Å². The van der Waals surface area contributed by atoms with Crippen molar-refractivity contribution < 1.29 is 24.2 Å². The lowest BCUT2D eigenvalue weighted by molar-refractivity contribution is -0.139. The van der Waals surface area contributed by atoms with Crippen molar-refractivity contribution in [1.29, 1.82) is 0 Å². The first-order valence-electron chi connectivity index (χ1n) is 9.82. The van der Waals surface area contributed by atoms with Crippen LogP contribution >= 0.6 is 0 Å². The molecule has 1 aromatic carbocycles. The number of rotatable bonds is 5. The molecule has 150 valence electrons. The van der Waals surface area contributed by atoms with Gasteiger partial charge in [-0.3, -0.25) is 9.59 Å². The van der Waals surface area contributed by atoms with Crippen LogP contribution in [0.25, 0.3) is 0 Å². The first-order valence-corrected chi connectivity index (χ1v) is 9.82. The Morgan fingerprint density at radius 3 is 2.33 bits per heavy atom. The summed E-state index contributed by atoms with van der Waals surface area (Å²) in [5.74, 6) is 0.821. The van der Waals surface area contributed by atoms with Crippen molar-refractivity contribution in [2.75, 3.05) is 20.3 Å². The maximum Gasteiger partial charge on any atom is 0.309 e. The van der Waals surface area contributed by atoms with Crippen molar-refractivity contribution in [3.8, 4) is 5.75 Å². The van der Waals surface area contributed by atoms with Crippen LogP contribution in [0.3, 0.4) is 0 Å². The minimum atomic E-state index is -0.457. The summed E-state index contributed by atoms with van der Waals surface area (Å²) in [6, 6.07) is 3.20. The Morgan fingerprint density at radius 2 is 1.89 bits per heavy atom. The minimum absolute atomic E-state index is 0.0795. The molecule has 0 amide bonds. The quantitative estimate of drug-likeness (QED) is 0.790. The number of phenols is 1. The summed E-state index contributed by atoms with van der Waals surface area (Å²) in [6.45, 7) is 7.70. The maximum absolute atomic E-state index is 11.9. The fraction of sp³-hybridized carbons (Fsp3) is 0.636. The summed E-state index contributed by atoms with van der Waals surface area (Å²) >= 11 is 0. The monoisotopic (exact) mass is 376 g/mol. The van der Waals surface area contributed by atoms with Crippen LogP contribution in [-0.4, -0.2) is 37.2 Å². The lowest BCUT2D eigenvalue weighted by Crippen LogP contribution is -2.21. The normalized spacial score (nSPS) is 18.2. The van der Waals surface area contributed by atoms with E-state index in [1.165, 1.54) is 26.4 Å². The molecule has 1 N–H and O–H groups in total. The van der Waals surface area contributed by atoms with E-state index >= 15 is 0 Å². The topological polar surface area (TPSA) is 72.8 Å². The third kappa shape index (κ3) is 5.32. The van der Waals surface area contributed by atoms with Gasteiger partial charge in [-0.2, -0.15) is 0 Å². The second-order valence-electron chi connectivity index (χ2n) is 7.65. The first-order chi connectivity index (χ1) is 12.8. The number of hydrogen-bond acceptors (Lipinski definition) is 5. The van der Waals surface area contributed by atoms with E-state index in [2.05, 4.69) is 11.7 Å². The van der Waals surface area contributed by atoms with Gasteiger partial charge in [0.2, 0.25) is 0 Å². The second kappa shape index (κ2) is 9.36. The lowest BCUT2D eigenvalue weighted by Gasteiger charge is -2.20. The van der Waals surface area contributed by atoms with Crippen molar-refractivity contribution in [1.82, 2.24) is 0 Å². The third-order valence-corrected chi connectivity index (χ3v) is 5.79. The summed E-state index contributed by atoms with van der Waals surface area (Å²) in [5, 5.41) is 9.69. The van der Waals surface area contributed by atoms with Gasteiger partial charge in [-0.25, -0.2) is 0 Å². The summed E-state index contributed by atoms with van der Waals surface area (Å²) in [4.78, 5) is 23.4. The molecule has 1 saturated carbocycles. The summed E-state index contributed by atoms with van der Waals surface area (Å²) in [5.41, 5.74) is 1.98. The highest BCUT2D eigenvalue weighted by atomic mass is 16.5. The Kier molecular flexibility index (Phi) is 7.42. The molecule has 27 heavy (non-hydrogen) atoms. The van der Waals surface area contributed by atoms with E-state index in [1.807, 2.05) is 6.92 Å².